The number of hydrogen-bond acceptors (Lipinski definition) is 7. The molecule has 0 heterocycles. The second-order valence-corrected chi connectivity index (χ2v) is 11.2. The highest BCUT2D eigenvalue weighted by atomic mass is 32.2. The lowest BCUT2D eigenvalue weighted by Gasteiger charge is -2.08. The van der Waals surface area contributed by atoms with Crippen molar-refractivity contribution in [3.8, 4) is 0 Å². The van der Waals surface area contributed by atoms with Crippen LogP contribution in [0.15, 0.2) is 69.5 Å². The van der Waals surface area contributed by atoms with Gasteiger partial charge in [0, 0.05) is 28.2 Å². The van der Waals surface area contributed by atoms with E-state index in [4.69, 9.17) is 9.57 Å². The summed E-state index contributed by atoms with van der Waals surface area (Å²) in [7, 11) is -3.25. The van der Waals surface area contributed by atoms with Gasteiger partial charge in [0.05, 0.1) is 5.92 Å². The zero-order valence-corrected chi connectivity index (χ0v) is 18.8. The Morgan fingerprint density at radius 2 is 1.83 bits per heavy atom. The van der Waals surface area contributed by atoms with Crippen molar-refractivity contribution < 1.29 is 22.8 Å². The van der Waals surface area contributed by atoms with E-state index in [1.165, 1.54) is 6.21 Å². The first-order chi connectivity index (χ1) is 14.2. The molecule has 2 atom stereocenters. The molecule has 8 heteroatoms. The van der Waals surface area contributed by atoms with Crippen LogP contribution in [0.2, 0.25) is 0 Å². The summed E-state index contributed by atoms with van der Waals surface area (Å²) in [6, 6.07) is 18.0. The summed E-state index contributed by atoms with van der Waals surface area (Å²) >= 11 is 1.65. The highest BCUT2D eigenvalue weighted by Gasteiger charge is 2.62. The van der Waals surface area contributed by atoms with Crippen molar-refractivity contribution in [3.63, 3.8) is 0 Å². The number of esters is 1. The van der Waals surface area contributed by atoms with E-state index in [1.807, 2.05) is 68.4 Å². The first kappa shape index (κ1) is 22.4. The number of hydrogen-bond donors (Lipinski definition) is 0. The quantitative estimate of drug-likeness (QED) is 0.326. The molecular formula is C22H25NO5S2. The van der Waals surface area contributed by atoms with Crippen LogP contribution < -0.4 is 0 Å². The van der Waals surface area contributed by atoms with Gasteiger partial charge in [0.1, 0.15) is 6.61 Å². The average molecular weight is 448 g/mol. The number of carbonyl (C=O) groups excluding carboxylic acids is 1. The molecule has 1 aliphatic rings. The number of rotatable bonds is 9. The van der Waals surface area contributed by atoms with Crippen molar-refractivity contribution in [1.82, 2.24) is 0 Å². The van der Waals surface area contributed by atoms with Crippen molar-refractivity contribution in [2.24, 2.45) is 22.4 Å². The Hall–Kier alpha value is -2.32. The number of sulfone groups is 1. The van der Waals surface area contributed by atoms with Gasteiger partial charge in [-0.15, -0.1) is 0 Å². The summed E-state index contributed by atoms with van der Waals surface area (Å²) in [5.41, 5.74) is 0.615. The minimum Gasteiger partial charge on any atom is -0.461 e. The molecule has 0 saturated heterocycles. The lowest BCUT2D eigenvalue weighted by molar-refractivity contribution is -0.147. The van der Waals surface area contributed by atoms with Crippen molar-refractivity contribution in [3.05, 3.63) is 60.2 Å². The Balaban J connectivity index is 1.53. The molecule has 0 aromatic heterocycles. The van der Waals surface area contributed by atoms with Gasteiger partial charge in [0.2, 0.25) is 5.94 Å². The fraction of sp³-hybridized carbons (Fsp3) is 0.364. The number of benzene rings is 2. The molecule has 6 nitrogen and oxygen atoms in total. The predicted molar refractivity (Wildman–Crippen MR) is 117 cm³/mol. The number of ether oxygens (including phenoxy) is 1. The molecule has 3 rings (SSSR count). The van der Waals surface area contributed by atoms with Crippen LogP contribution in [-0.2, 0) is 30.8 Å². The Labute approximate surface area is 181 Å². The standard InChI is InChI=1S/C22H25NO5S2/c1-22(2)19(13-23-28-15-30(3,25)26)20(22)21(24)27-14-16-8-7-11-18(12-16)29-17-9-5-4-6-10-17/h4-13,19-20H,14-15H2,1-3H3. The van der Waals surface area contributed by atoms with Gasteiger partial charge < -0.3 is 9.57 Å². The molecule has 0 radical (unpaired) electrons. The Bertz CT molecular complexity index is 1020. The predicted octanol–water partition coefficient (Wildman–Crippen LogP) is 4.16. The summed E-state index contributed by atoms with van der Waals surface area (Å²) in [6.45, 7) is 4.09. The lowest BCUT2D eigenvalue weighted by Crippen LogP contribution is -2.11. The monoisotopic (exact) mass is 447 g/mol. The Morgan fingerprint density at radius 1 is 1.13 bits per heavy atom. The van der Waals surface area contributed by atoms with Gasteiger partial charge >= 0.3 is 5.97 Å². The van der Waals surface area contributed by atoms with E-state index in [0.29, 0.717) is 0 Å². The Morgan fingerprint density at radius 3 is 2.53 bits per heavy atom. The molecule has 0 amide bonds. The van der Waals surface area contributed by atoms with E-state index < -0.39 is 15.8 Å². The van der Waals surface area contributed by atoms with Crippen molar-refractivity contribution in [1.29, 1.82) is 0 Å². The topological polar surface area (TPSA) is 82.0 Å². The fourth-order valence-corrected chi connectivity index (χ4v) is 4.38. The second kappa shape index (κ2) is 9.22. The SMILES string of the molecule is CC1(C)C(C=NOCS(C)(=O)=O)C1C(=O)OCc1cccc(Sc2ccccc2)c1. The number of nitrogens with zero attached hydrogens (tertiary/aromatic N) is 1. The summed E-state index contributed by atoms with van der Waals surface area (Å²) in [6.07, 6.45) is 2.56. The Kier molecular flexibility index (Phi) is 6.88. The van der Waals surface area contributed by atoms with Crippen molar-refractivity contribution >= 4 is 33.8 Å². The van der Waals surface area contributed by atoms with Crippen LogP contribution >= 0.6 is 11.8 Å². The van der Waals surface area contributed by atoms with E-state index in [1.54, 1.807) is 11.8 Å². The van der Waals surface area contributed by atoms with Gasteiger partial charge in [-0.2, -0.15) is 0 Å². The minimum atomic E-state index is -3.25. The highest BCUT2D eigenvalue weighted by molar-refractivity contribution is 7.99. The molecule has 0 spiro atoms. The molecule has 160 valence electrons. The summed E-state index contributed by atoms with van der Waals surface area (Å²) < 4.78 is 27.7. The molecule has 2 unspecified atom stereocenters. The van der Waals surface area contributed by atoms with Gasteiger partial charge in [-0.3, -0.25) is 4.79 Å². The van der Waals surface area contributed by atoms with E-state index in [9.17, 15) is 13.2 Å². The van der Waals surface area contributed by atoms with Gasteiger partial charge in [0.15, 0.2) is 9.84 Å². The summed E-state index contributed by atoms with van der Waals surface area (Å²) in [4.78, 5) is 19.6. The lowest BCUT2D eigenvalue weighted by atomic mass is 10.1. The molecule has 2 aromatic rings. The summed E-state index contributed by atoms with van der Waals surface area (Å²) in [5, 5.41) is 3.70. The maximum absolute atomic E-state index is 12.5. The third-order valence-corrected chi connectivity index (χ3v) is 6.52. The average Bonchev–Trinajstić information content (AvgIpc) is 3.24. The van der Waals surface area contributed by atoms with E-state index in [-0.39, 0.29) is 29.8 Å². The van der Waals surface area contributed by atoms with Crippen molar-refractivity contribution in [2.75, 3.05) is 12.2 Å². The highest BCUT2D eigenvalue weighted by Crippen LogP contribution is 2.57. The molecule has 30 heavy (non-hydrogen) atoms. The molecule has 1 aliphatic carbocycles. The molecule has 1 saturated carbocycles. The normalized spacial score (nSPS) is 20.1. The van der Waals surface area contributed by atoms with Gasteiger partial charge in [0.25, 0.3) is 0 Å². The molecule has 0 bridgehead atoms. The number of oxime groups is 1. The minimum absolute atomic E-state index is 0.149. The van der Waals surface area contributed by atoms with Crippen LogP contribution in [0.1, 0.15) is 19.4 Å². The van der Waals surface area contributed by atoms with E-state index in [2.05, 4.69) is 5.16 Å². The van der Waals surface area contributed by atoms with Crippen LogP contribution in [0.4, 0.5) is 0 Å². The van der Waals surface area contributed by atoms with E-state index >= 15 is 0 Å². The van der Waals surface area contributed by atoms with Gasteiger partial charge in [-0.25, -0.2) is 8.42 Å². The molecular weight excluding hydrogens is 422 g/mol. The van der Waals surface area contributed by atoms with Crippen molar-refractivity contribution in [2.45, 2.75) is 30.2 Å². The van der Waals surface area contributed by atoms with Crippen LogP contribution in [0.25, 0.3) is 0 Å². The first-order valence-electron chi connectivity index (χ1n) is 9.48. The molecule has 0 aliphatic heterocycles. The maximum atomic E-state index is 12.5. The zero-order valence-electron chi connectivity index (χ0n) is 17.1. The van der Waals surface area contributed by atoms with E-state index in [0.717, 1.165) is 21.6 Å². The zero-order chi connectivity index (χ0) is 21.8. The first-order valence-corrected chi connectivity index (χ1v) is 12.4. The largest absolute Gasteiger partial charge is 0.461 e. The van der Waals surface area contributed by atoms with Crippen LogP contribution in [-0.4, -0.2) is 32.8 Å². The van der Waals surface area contributed by atoms with Crippen LogP contribution in [0, 0.1) is 17.3 Å². The van der Waals surface area contributed by atoms with Gasteiger partial charge in [-0.1, -0.05) is 61.1 Å². The molecule has 2 aromatic carbocycles. The molecule has 1 fully saturated rings. The van der Waals surface area contributed by atoms with Crippen LogP contribution in [0.5, 0.6) is 0 Å². The third-order valence-electron chi connectivity index (χ3n) is 4.99. The fourth-order valence-electron chi connectivity index (χ4n) is 3.21. The maximum Gasteiger partial charge on any atom is 0.310 e. The second-order valence-electron chi connectivity index (χ2n) is 7.92. The summed E-state index contributed by atoms with van der Waals surface area (Å²) in [5.74, 6) is -1.25. The third kappa shape index (κ3) is 6.09. The van der Waals surface area contributed by atoms with Crippen LogP contribution in [0.3, 0.4) is 0 Å². The van der Waals surface area contributed by atoms with Gasteiger partial charge in [-0.05, 0) is 35.2 Å². The number of carbonyl (C=O) groups is 1. The smallest absolute Gasteiger partial charge is 0.310 e. The molecule has 0 N–H and O–H groups in total.